The number of nitrogens with zero attached hydrogens (tertiary/aromatic N) is 2. The Kier molecular flexibility index (Phi) is 6.91. The van der Waals surface area contributed by atoms with Gasteiger partial charge < -0.3 is 5.32 Å². The molecule has 1 saturated carbocycles. The van der Waals surface area contributed by atoms with Crippen LogP contribution in [0.15, 0.2) is 35.3 Å². The highest BCUT2D eigenvalue weighted by Gasteiger charge is 2.25. The van der Waals surface area contributed by atoms with Crippen molar-refractivity contribution in [3.05, 3.63) is 47.0 Å². The molecule has 6 heteroatoms. The molecule has 1 heterocycles. The van der Waals surface area contributed by atoms with Gasteiger partial charge in [-0.1, -0.05) is 37.5 Å². The van der Waals surface area contributed by atoms with Gasteiger partial charge in [-0.2, -0.15) is 5.26 Å². The number of nitriles is 1. The summed E-state index contributed by atoms with van der Waals surface area (Å²) in [6.07, 6.45) is 8.14. The van der Waals surface area contributed by atoms with Gasteiger partial charge in [0.15, 0.2) is 0 Å². The lowest BCUT2D eigenvalue weighted by atomic mass is 9.87. The van der Waals surface area contributed by atoms with Crippen LogP contribution in [0.2, 0.25) is 0 Å². The first kappa shape index (κ1) is 20.2. The highest BCUT2D eigenvalue weighted by atomic mass is 19.3. The Bertz CT molecular complexity index is 791. The predicted octanol–water partition coefficient (Wildman–Crippen LogP) is 4.48. The zero-order valence-corrected chi connectivity index (χ0v) is 15.8. The molecule has 4 nitrogen and oxygen atoms in total. The van der Waals surface area contributed by atoms with Crippen molar-refractivity contribution < 1.29 is 13.6 Å². The van der Waals surface area contributed by atoms with Gasteiger partial charge in [0.2, 0.25) is 5.91 Å². The summed E-state index contributed by atoms with van der Waals surface area (Å²) < 4.78 is 26.4. The molecule has 2 unspecified atom stereocenters. The number of carbonyl (C=O) groups excluding carboxylic acids is 1. The second kappa shape index (κ2) is 9.59. The fourth-order valence-corrected chi connectivity index (χ4v) is 3.97. The molecule has 2 aliphatic rings. The van der Waals surface area contributed by atoms with E-state index in [1.54, 1.807) is 18.4 Å². The highest BCUT2D eigenvalue weighted by Crippen LogP contribution is 2.30. The van der Waals surface area contributed by atoms with Gasteiger partial charge in [-0.25, -0.2) is 8.78 Å². The zero-order chi connectivity index (χ0) is 19.9. The van der Waals surface area contributed by atoms with E-state index in [1.807, 2.05) is 6.08 Å². The molecule has 0 saturated heterocycles. The first-order valence-corrected chi connectivity index (χ1v) is 9.86. The van der Waals surface area contributed by atoms with Crippen molar-refractivity contribution in [2.75, 3.05) is 6.54 Å². The van der Waals surface area contributed by atoms with E-state index in [2.05, 4.69) is 16.4 Å². The van der Waals surface area contributed by atoms with Crippen LogP contribution < -0.4 is 5.32 Å². The number of alkyl halides is 2. The second-order valence-electron chi connectivity index (χ2n) is 7.49. The van der Waals surface area contributed by atoms with E-state index >= 15 is 0 Å². The third-order valence-corrected chi connectivity index (χ3v) is 5.53. The molecule has 1 aliphatic heterocycles. The van der Waals surface area contributed by atoms with Gasteiger partial charge in [-0.3, -0.25) is 9.79 Å². The molecule has 28 heavy (non-hydrogen) atoms. The summed E-state index contributed by atoms with van der Waals surface area (Å²) in [5.41, 5.74) is 1.51. The molecule has 1 aliphatic carbocycles. The lowest BCUT2D eigenvalue weighted by Crippen LogP contribution is -2.40. The van der Waals surface area contributed by atoms with Gasteiger partial charge in [0.25, 0.3) is 6.43 Å². The van der Waals surface area contributed by atoms with Crippen molar-refractivity contribution in [1.29, 1.82) is 5.26 Å². The van der Waals surface area contributed by atoms with Crippen LogP contribution in [0.1, 0.15) is 61.1 Å². The Morgan fingerprint density at radius 2 is 2.07 bits per heavy atom. The predicted molar refractivity (Wildman–Crippen MR) is 104 cm³/mol. The van der Waals surface area contributed by atoms with Crippen molar-refractivity contribution in [2.45, 2.75) is 56.9 Å². The van der Waals surface area contributed by atoms with Crippen molar-refractivity contribution >= 4 is 12.1 Å². The van der Waals surface area contributed by atoms with E-state index in [9.17, 15) is 18.8 Å². The molecule has 1 aromatic carbocycles. The summed E-state index contributed by atoms with van der Waals surface area (Å²) in [6, 6.07) is 6.04. The summed E-state index contributed by atoms with van der Waals surface area (Å²) in [5.74, 6) is -0.202. The average Bonchev–Trinajstić information content (AvgIpc) is 2.74. The third kappa shape index (κ3) is 5.03. The maximum atomic E-state index is 13.2. The molecule has 1 aromatic rings. The Balaban J connectivity index is 1.77. The lowest BCUT2D eigenvalue weighted by molar-refractivity contribution is -0.126. The molecule has 0 radical (unpaired) electrons. The van der Waals surface area contributed by atoms with Crippen molar-refractivity contribution in [2.24, 2.45) is 10.9 Å². The number of benzene rings is 1. The molecule has 148 valence electrons. The second-order valence-corrected chi connectivity index (χ2v) is 7.49. The Morgan fingerprint density at radius 3 is 2.71 bits per heavy atom. The Morgan fingerprint density at radius 1 is 1.29 bits per heavy atom. The van der Waals surface area contributed by atoms with Crippen LogP contribution in [0.25, 0.3) is 0 Å². The smallest absolute Gasteiger partial charge is 0.263 e. The van der Waals surface area contributed by atoms with Gasteiger partial charge in [0.1, 0.15) is 6.04 Å². The van der Waals surface area contributed by atoms with Crippen molar-refractivity contribution in [3.8, 4) is 6.07 Å². The molecule has 1 fully saturated rings. The maximum Gasteiger partial charge on any atom is 0.263 e. The normalized spacial score (nSPS) is 20.7. The summed E-state index contributed by atoms with van der Waals surface area (Å²) in [7, 11) is 0. The summed E-state index contributed by atoms with van der Waals surface area (Å²) in [5, 5.41) is 12.4. The average molecular weight is 385 g/mol. The standard InChI is InChI=1S/C22H25F2N3O/c23-21(24)17-9-8-16(20(12-17)18-7-4-10-26-14-18)11-19(13-25)27-22(28)15-5-2-1-3-6-15/h4,7-10,12,15,18-19,21H,1-3,5-6,11,14H2,(H,27,28). The van der Waals surface area contributed by atoms with Crippen LogP contribution in [0, 0.1) is 17.2 Å². The maximum absolute atomic E-state index is 13.2. The Hall–Kier alpha value is -2.55. The summed E-state index contributed by atoms with van der Waals surface area (Å²) >= 11 is 0. The van der Waals surface area contributed by atoms with Gasteiger partial charge in [-0.05, 0) is 36.1 Å². The quantitative estimate of drug-likeness (QED) is 0.785. The number of nitrogens with one attached hydrogen (secondary N) is 1. The van der Waals surface area contributed by atoms with Crippen LogP contribution in [0.5, 0.6) is 0 Å². The minimum atomic E-state index is -2.55. The zero-order valence-electron chi connectivity index (χ0n) is 15.8. The number of hydrogen-bond donors (Lipinski definition) is 1. The Labute approximate surface area is 164 Å². The first-order valence-electron chi connectivity index (χ1n) is 9.86. The van der Waals surface area contributed by atoms with Gasteiger partial charge in [-0.15, -0.1) is 0 Å². The van der Waals surface area contributed by atoms with Crippen LogP contribution in [-0.2, 0) is 11.2 Å². The van der Waals surface area contributed by atoms with Crippen LogP contribution in [0.4, 0.5) is 8.78 Å². The minimum absolute atomic E-state index is 0.0269. The fourth-order valence-electron chi connectivity index (χ4n) is 3.97. The number of allylic oxidation sites excluding steroid dienone is 1. The number of dihydropyridines is 1. The number of carbonyl (C=O) groups is 1. The summed E-state index contributed by atoms with van der Waals surface area (Å²) in [4.78, 5) is 16.7. The van der Waals surface area contributed by atoms with E-state index < -0.39 is 12.5 Å². The number of amides is 1. The van der Waals surface area contributed by atoms with E-state index in [1.165, 1.54) is 12.1 Å². The minimum Gasteiger partial charge on any atom is -0.340 e. The van der Waals surface area contributed by atoms with E-state index in [-0.39, 0.29) is 23.3 Å². The number of rotatable bonds is 6. The van der Waals surface area contributed by atoms with E-state index in [0.717, 1.165) is 43.2 Å². The lowest BCUT2D eigenvalue weighted by Gasteiger charge is -2.24. The largest absolute Gasteiger partial charge is 0.340 e. The molecule has 0 aromatic heterocycles. The van der Waals surface area contributed by atoms with Crippen LogP contribution in [-0.4, -0.2) is 24.7 Å². The molecular weight excluding hydrogens is 360 g/mol. The highest BCUT2D eigenvalue weighted by molar-refractivity contribution is 5.79. The fraction of sp³-hybridized carbons (Fsp3) is 0.500. The molecule has 3 rings (SSSR count). The van der Waals surface area contributed by atoms with Crippen LogP contribution in [0.3, 0.4) is 0 Å². The molecule has 1 amide bonds. The number of halogens is 2. The number of aliphatic imine (C=N–C) groups is 1. The number of hydrogen-bond acceptors (Lipinski definition) is 3. The third-order valence-electron chi connectivity index (χ3n) is 5.53. The van der Waals surface area contributed by atoms with Crippen molar-refractivity contribution in [3.63, 3.8) is 0 Å². The van der Waals surface area contributed by atoms with Gasteiger partial charge in [0.05, 0.1) is 6.07 Å². The molecule has 2 atom stereocenters. The van der Waals surface area contributed by atoms with Gasteiger partial charge >= 0.3 is 0 Å². The van der Waals surface area contributed by atoms with Crippen molar-refractivity contribution in [1.82, 2.24) is 5.32 Å². The molecule has 0 spiro atoms. The molecule has 0 bridgehead atoms. The van der Waals surface area contributed by atoms with E-state index in [0.29, 0.717) is 13.0 Å². The summed E-state index contributed by atoms with van der Waals surface area (Å²) in [6.45, 7) is 0.488. The van der Waals surface area contributed by atoms with Crippen LogP contribution >= 0.6 is 0 Å². The topological polar surface area (TPSA) is 65.2 Å². The SMILES string of the molecule is N#CC(Cc1ccc(C(F)F)cc1C1C=CC=NC1)NC(=O)C1CCCCC1. The van der Waals surface area contributed by atoms with E-state index in [4.69, 9.17) is 0 Å². The van der Waals surface area contributed by atoms with Gasteiger partial charge in [0, 0.05) is 36.6 Å². The monoisotopic (exact) mass is 385 g/mol. The molecule has 1 N–H and O–H groups in total. The molecular formula is C22H25F2N3O. The first-order chi connectivity index (χ1) is 13.6.